The molecule has 0 radical (unpaired) electrons. The third-order valence-electron chi connectivity index (χ3n) is 4.23. The van der Waals surface area contributed by atoms with Gasteiger partial charge in [0.25, 0.3) is 5.91 Å². The molecule has 0 bridgehead atoms. The number of halogens is 1. The Morgan fingerprint density at radius 1 is 1.07 bits per heavy atom. The van der Waals surface area contributed by atoms with Crippen LogP contribution in [0.1, 0.15) is 39.2 Å². The van der Waals surface area contributed by atoms with Crippen molar-refractivity contribution in [3.8, 4) is 0 Å². The first kappa shape index (κ1) is 20.7. The Hall–Kier alpha value is -3.06. The van der Waals surface area contributed by atoms with Crippen LogP contribution < -0.4 is 4.90 Å². The van der Waals surface area contributed by atoms with Crippen LogP contribution in [0.25, 0.3) is 0 Å². The molecule has 1 amide bonds. The van der Waals surface area contributed by atoms with E-state index in [1.54, 1.807) is 37.1 Å². The number of pyridine rings is 2. The van der Waals surface area contributed by atoms with E-state index >= 15 is 0 Å². The summed E-state index contributed by atoms with van der Waals surface area (Å²) in [6, 6.07) is 16.1. The number of aromatic nitrogens is 2. The highest BCUT2D eigenvalue weighted by molar-refractivity contribution is 9.10. The van der Waals surface area contributed by atoms with E-state index in [4.69, 9.17) is 4.74 Å². The van der Waals surface area contributed by atoms with Gasteiger partial charge in [0.1, 0.15) is 5.69 Å². The molecule has 148 valence electrons. The number of rotatable bonds is 6. The first-order chi connectivity index (χ1) is 14.0. The zero-order valence-corrected chi connectivity index (χ0v) is 17.7. The second kappa shape index (κ2) is 9.43. The second-order valence-electron chi connectivity index (χ2n) is 6.24. The third-order valence-corrected chi connectivity index (χ3v) is 4.76. The fourth-order valence-corrected chi connectivity index (χ4v) is 3.06. The summed E-state index contributed by atoms with van der Waals surface area (Å²) in [6.07, 6.45) is 1.69. The SMILES string of the molecule is CCOC(=O)c1ccc(C(=O)N(Cc2ccccn2)c2ccc(Br)cc2)nc1C. The number of benzene rings is 1. The van der Waals surface area contributed by atoms with Crippen molar-refractivity contribution < 1.29 is 14.3 Å². The molecule has 2 heterocycles. The standard InChI is InChI=1S/C22H20BrN3O3/c1-3-29-22(28)19-11-12-20(25-15(19)2)21(27)26(14-17-6-4-5-13-24-17)18-9-7-16(23)8-10-18/h4-13H,3,14H2,1-2H3. The predicted octanol–water partition coefficient (Wildman–Crippen LogP) is 4.57. The number of amides is 1. The molecular formula is C22H20BrN3O3. The second-order valence-corrected chi connectivity index (χ2v) is 7.15. The lowest BCUT2D eigenvalue weighted by atomic mass is 10.1. The lowest BCUT2D eigenvalue weighted by Crippen LogP contribution is -2.31. The minimum atomic E-state index is -0.449. The van der Waals surface area contributed by atoms with Gasteiger partial charge in [-0.1, -0.05) is 22.0 Å². The van der Waals surface area contributed by atoms with Gasteiger partial charge in [0.05, 0.1) is 30.1 Å². The fourth-order valence-electron chi connectivity index (χ4n) is 2.80. The average molecular weight is 454 g/mol. The third kappa shape index (κ3) is 5.06. The number of carbonyl (C=O) groups excluding carboxylic acids is 2. The molecule has 0 aliphatic carbocycles. The molecule has 3 aromatic rings. The van der Waals surface area contributed by atoms with Crippen molar-refractivity contribution in [3.05, 3.63) is 87.9 Å². The van der Waals surface area contributed by atoms with Crippen molar-refractivity contribution in [2.45, 2.75) is 20.4 Å². The van der Waals surface area contributed by atoms with Crippen LogP contribution in [0.15, 0.2) is 65.3 Å². The number of aryl methyl sites for hydroxylation is 1. The Morgan fingerprint density at radius 3 is 2.45 bits per heavy atom. The van der Waals surface area contributed by atoms with Gasteiger partial charge in [-0.25, -0.2) is 9.78 Å². The zero-order valence-electron chi connectivity index (χ0n) is 16.1. The number of ether oxygens (including phenoxy) is 1. The molecule has 1 aromatic carbocycles. The highest BCUT2D eigenvalue weighted by Crippen LogP contribution is 2.22. The summed E-state index contributed by atoms with van der Waals surface area (Å²) in [7, 11) is 0. The van der Waals surface area contributed by atoms with Crippen LogP contribution in [0.3, 0.4) is 0 Å². The minimum absolute atomic E-state index is 0.245. The van der Waals surface area contributed by atoms with E-state index in [1.165, 1.54) is 0 Å². The van der Waals surface area contributed by atoms with Crippen molar-refractivity contribution in [2.75, 3.05) is 11.5 Å². The van der Waals surface area contributed by atoms with Crippen LogP contribution in [0, 0.1) is 6.92 Å². The van der Waals surface area contributed by atoms with Crippen LogP contribution in [-0.2, 0) is 11.3 Å². The van der Waals surface area contributed by atoms with E-state index in [9.17, 15) is 9.59 Å². The highest BCUT2D eigenvalue weighted by atomic mass is 79.9. The van der Waals surface area contributed by atoms with Crippen molar-refractivity contribution in [3.63, 3.8) is 0 Å². The maximum atomic E-state index is 13.3. The minimum Gasteiger partial charge on any atom is -0.462 e. The number of hydrogen-bond donors (Lipinski definition) is 0. The number of anilines is 1. The molecule has 0 aliphatic rings. The average Bonchev–Trinajstić information content (AvgIpc) is 2.73. The van der Waals surface area contributed by atoms with Gasteiger partial charge in [-0.05, 0) is 62.4 Å². The van der Waals surface area contributed by atoms with Crippen molar-refractivity contribution in [1.82, 2.24) is 9.97 Å². The monoisotopic (exact) mass is 453 g/mol. The lowest BCUT2D eigenvalue weighted by Gasteiger charge is -2.22. The Morgan fingerprint density at radius 2 is 1.83 bits per heavy atom. The molecule has 29 heavy (non-hydrogen) atoms. The molecule has 7 heteroatoms. The first-order valence-electron chi connectivity index (χ1n) is 9.11. The summed E-state index contributed by atoms with van der Waals surface area (Å²) >= 11 is 3.42. The first-order valence-corrected chi connectivity index (χ1v) is 9.91. The molecule has 2 aromatic heterocycles. The van der Waals surface area contributed by atoms with E-state index in [0.29, 0.717) is 17.8 Å². The summed E-state index contributed by atoms with van der Waals surface area (Å²) < 4.78 is 5.95. The maximum absolute atomic E-state index is 13.3. The highest BCUT2D eigenvalue weighted by Gasteiger charge is 2.22. The molecular weight excluding hydrogens is 434 g/mol. The van der Waals surface area contributed by atoms with E-state index in [-0.39, 0.29) is 18.2 Å². The zero-order chi connectivity index (χ0) is 20.8. The van der Waals surface area contributed by atoms with Gasteiger partial charge >= 0.3 is 5.97 Å². The van der Waals surface area contributed by atoms with Gasteiger partial charge in [0.15, 0.2) is 0 Å². The molecule has 0 aliphatic heterocycles. The molecule has 0 saturated heterocycles. The summed E-state index contributed by atoms with van der Waals surface area (Å²) in [6.45, 7) is 4.00. The van der Waals surface area contributed by atoms with Crippen molar-refractivity contribution in [2.24, 2.45) is 0 Å². The van der Waals surface area contributed by atoms with E-state index < -0.39 is 5.97 Å². The summed E-state index contributed by atoms with van der Waals surface area (Å²) in [4.78, 5) is 35.6. The molecule has 0 saturated carbocycles. The lowest BCUT2D eigenvalue weighted by molar-refractivity contribution is 0.0524. The van der Waals surface area contributed by atoms with Gasteiger partial charge in [-0.15, -0.1) is 0 Å². The van der Waals surface area contributed by atoms with Gasteiger partial charge in [-0.3, -0.25) is 9.78 Å². The van der Waals surface area contributed by atoms with Gasteiger partial charge in [-0.2, -0.15) is 0 Å². The van der Waals surface area contributed by atoms with Crippen LogP contribution in [-0.4, -0.2) is 28.5 Å². The predicted molar refractivity (Wildman–Crippen MR) is 114 cm³/mol. The van der Waals surface area contributed by atoms with E-state index in [1.807, 2.05) is 42.5 Å². The van der Waals surface area contributed by atoms with Crippen LogP contribution in [0.4, 0.5) is 5.69 Å². The number of hydrogen-bond acceptors (Lipinski definition) is 5. The number of carbonyl (C=O) groups is 2. The Balaban J connectivity index is 1.94. The van der Waals surface area contributed by atoms with Gasteiger partial charge in [0.2, 0.25) is 0 Å². The Labute approximate surface area is 177 Å². The molecule has 0 N–H and O–H groups in total. The Kier molecular flexibility index (Phi) is 6.72. The topological polar surface area (TPSA) is 72.4 Å². The number of nitrogens with zero attached hydrogens (tertiary/aromatic N) is 3. The Bertz CT molecular complexity index is 1010. The fraction of sp³-hybridized carbons (Fsp3) is 0.182. The molecule has 0 fully saturated rings. The number of esters is 1. The molecule has 0 unspecified atom stereocenters. The smallest absolute Gasteiger partial charge is 0.339 e. The van der Waals surface area contributed by atoms with Crippen LogP contribution >= 0.6 is 15.9 Å². The maximum Gasteiger partial charge on any atom is 0.339 e. The van der Waals surface area contributed by atoms with Crippen LogP contribution in [0.5, 0.6) is 0 Å². The summed E-state index contributed by atoms with van der Waals surface area (Å²) in [5, 5.41) is 0. The molecule has 3 rings (SSSR count). The normalized spacial score (nSPS) is 10.4. The van der Waals surface area contributed by atoms with Crippen molar-refractivity contribution in [1.29, 1.82) is 0 Å². The molecule has 0 spiro atoms. The van der Waals surface area contributed by atoms with Crippen LogP contribution in [0.2, 0.25) is 0 Å². The molecule has 0 atom stereocenters. The van der Waals surface area contributed by atoms with Gasteiger partial charge < -0.3 is 9.64 Å². The quantitative estimate of drug-likeness (QED) is 0.511. The summed E-state index contributed by atoms with van der Waals surface area (Å²) in [5.41, 5.74) is 2.52. The largest absolute Gasteiger partial charge is 0.462 e. The molecule has 6 nitrogen and oxygen atoms in total. The van der Waals surface area contributed by atoms with Gasteiger partial charge in [0, 0.05) is 16.4 Å². The summed E-state index contributed by atoms with van der Waals surface area (Å²) in [5.74, 6) is -0.730. The van der Waals surface area contributed by atoms with E-state index in [2.05, 4.69) is 25.9 Å². The van der Waals surface area contributed by atoms with E-state index in [0.717, 1.165) is 15.9 Å². The van der Waals surface area contributed by atoms with Crippen molar-refractivity contribution >= 4 is 33.5 Å².